The first-order valence-corrected chi connectivity index (χ1v) is 8.65. The number of H-pyrrole nitrogens is 1. The molecule has 0 radical (unpaired) electrons. The molecule has 0 bridgehead atoms. The molecule has 7 heteroatoms. The highest BCUT2D eigenvalue weighted by Gasteiger charge is 2.30. The number of hydrogen-bond donors (Lipinski definition) is 1. The van der Waals surface area contributed by atoms with Crippen molar-refractivity contribution in [3.8, 4) is 0 Å². The highest BCUT2D eigenvalue weighted by atomic mass is 35.5. The largest absolute Gasteiger partial charge is 0.281 e. The highest BCUT2D eigenvalue weighted by Crippen LogP contribution is 2.24. The number of rotatable bonds is 3. The van der Waals surface area contributed by atoms with Crippen molar-refractivity contribution in [2.75, 3.05) is 13.1 Å². The van der Waals surface area contributed by atoms with Gasteiger partial charge in [0.15, 0.2) is 5.03 Å². The molecule has 0 unspecified atom stereocenters. The van der Waals surface area contributed by atoms with Crippen LogP contribution in [0, 0.1) is 6.92 Å². The van der Waals surface area contributed by atoms with Crippen molar-refractivity contribution in [3.05, 3.63) is 11.3 Å². The van der Waals surface area contributed by atoms with Crippen LogP contribution in [0.4, 0.5) is 0 Å². The van der Waals surface area contributed by atoms with Crippen LogP contribution in [0.15, 0.2) is 5.03 Å². The summed E-state index contributed by atoms with van der Waals surface area (Å²) in [7, 11) is -3.52. The predicted octanol–water partition coefficient (Wildman–Crippen LogP) is 2.41. The molecule has 1 fully saturated rings. The maximum Gasteiger partial charge on any atom is 0.262 e. The number of sulfonamides is 1. The minimum Gasteiger partial charge on any atom is -0.281 e. The molecule has 1 aromatic heterocycles. The Labute approximate surface area is 119 Å². The molecular formula is C12H20ClN3O2S. The lowest BCUT2D eigenvalue weighted by atomic mass is 10.1. The number of aromatic amines is 1. The first-order chi connectivity index (χ1) is 9.07. The number of nitrogens with one attached hydrogen (secondary N) is 1. The topological polar surface area (TPSA) is 66.1 Å². The number of aryl methyl sites for hydroxylation is 1. The van der Waals surface area contributed by atoms with Gasteiger partial charge < -0.3 is 0 Å². The lowest BCUT2D eigenvalue weighted by Gasteiger charge is -2.23. The molecule has 0 aromatic carbocycles. The number of halogens is 1. The molecule has 108 valence electrons. The Hall–Kier alpha value is -0.590. The average Bonchev–Trinajstić information content (AvgIpc) is 2.69. The zero-order valence-electron chi connectivity index (χ0n) is 11.2. The summed E-state index contributed by atoms with van der Waals surface area (Å²) in [5.74, 6) is 0.157. The van der Waals surface area contributed by atoms with E-state index in [0.717, 1.165) is 31.4 Å². The Kier molecular flexibility index (Phi) is 4.86. The van der Waals surface area contributed by atoms with Crippen LogP contribution in [0.5, 0.6) is 0 Å². The maximum atomic E-state index is 12.6. The van der Waals surface area contributed by atoms with Crippen LogP contribution in [0.2, 0.25) is 0 Å². The second kappa shape index (κ2) is 6.24. The van der Waals surface area contributed by atoms with Crippen molar-refractivity contribution >= 4 is 21.6 Å². The average molecular weight is 306 g/mol. The van der Waals surface area contributed by atoms with Crippen LogP contribution in [-0.2, 0) is 15.9 Å². The summed E-state index contributed by atoms with van der Waals surface area (Å²) in [4.78, 5) is 0. The van der Waals surface area contributed by atoms with E-state index >= 15 is 0 Å². The molecule has 2 rings (SSSR count). The third-order valence-electron chi connectivity index (χ3n) is 3.57. The van der Waals surface area contributed by atoms with Crippen molar-refractivity contribution < 1.29 is 8.42 Å². The van der Waals surface area contributed by atoms with E-state index in [-0.39, 0.29) is 10.9 Å². The second-order valence-corrected chi connectivity index (χ2v) is 7.06. The normalized spacial score (nSPS) is 19.1. The van der Waals surface area contributed by atoms with E-state index < -0.39 is 10.0 Å². The summed E-state index contributed by atoms with van der Waals surface area (Å²) >= 11 is 5.84. The number of alkyl halides is 1. The van der Waals surface area contributed by atoms with E-state index in [1.807, 2.05) is 0 Å². The predicted molar refractivity (Wildman–Crippen MR) is 74.7 cm³/mol. The summed E-state index contributed by atoms with van der Waals surface area (Å²) in [6.07, 6.45) is 5.21. The molecule has 5 nitrogen and oxygen atoms in total. The van der Waals surface area contributed by atoms with E-state index in [1.165, 1.54) is 6.42 Å². The summed E-state index contributed by atoms with van der Waals surface area (Å²) in [6.45, 7) is 2.95. The standard InChI is InChI=1S/C12H20ClN3O2S/c1-10-11(9-13)12(15-14-10)19(17,18)16-7-5-3-2-4-6-8-16/h2-9H2,1H3,(H,14,15). The van der Waals surface area contributed by atoms with Gasteiger partial charge in [-0.2, -0.15) is 9.40 Å². The van der Waals surface area contributed by atoms with Gasteiger partial charge >= 0.3 is 0 Å². The highest BCUT2D eigenvalue weighted by molar-refractivity contribution is 7.89. The third kappa shape index (κ3) is 3.12. The zero-order valence-corrected chi connectivity index (χ0v) is 12.7. The van der Waals surface area contributed by atoms with Gasteiger partial charge in [0.1, 0.15) is 0 Å². The van der Waals surface area contributed by atoms with Crippen molar-refractivity contribution in [1.82, 2.24) is 14.5 Å². The van der Waals surface area contributed by atoms with Crippen molar-refractivity contribution in [1.29, 1.82) is 0 Å². The van der Waals surface area contributed by atoms with Gasteiger partial charge in [0.05, 0.1) is 5.88 Å². The van der Waals surface area contributed by atoms with Crippen LogP contribution in [0.25, 0.3) is 0 Å². The summed E-state index contributed by atoms with van der Waals surface area (Å²) in [5, 5.41) is 6.77. The molecule has 1 aliphatic heterocycles. The van der Waals surface area contributed by atoms with Crippen molar-refractivity contribution in [3.63, 3.8) is 0 Å². The fraction of sp³-hybridized carbons (Fsp3) is 0.750. The second-order valence-electron chi connectivity index (χ2n) is 4.94. The van der Waals surface area contributed by atoms with Crippen molar-refractivity contribution in [2.24, 2.45) is 0 Å². The lowest BCUT2D eigenvalue weighted by molar-refractivity contribution is 0.362. The van der Waals surface area contributed by atoms with Gasteiger partial charge in [-0.3, -0.25) is 5.10 Å². The minimum absolute atomic E-state index is 0.0978. The summed E-state index contributed by atoms with van der Waals surface area (Å²) in [6, 6.07) is 0. The van der Waals surface area contributed by atoms with E-state index in [4.69, 9.17) is 11.6 Å². The first-order valence-electron chi connectivity index (χ1n) is 6.67. The number of aromatic nitrogens is 2. The third-order valence-corrected chi connectivity index (χ3v) is 5.71. The smallest absolute Gasteiger partial charge is 0.262 e. The Balaban J connectivity index is 2.29. The molecular weight excluding hydrogens is 286 g/mol. The van der Waals surface area contributed by atoms with Crippen LogP contribution in [0.1, 0.15) is 43.4 Å². The molecule has 2 heterocycles. The lowest BCUT2D eigenvalue weighted by Crippen LogP contribution is -2.34. The minimum atomic E-state index is -3.52. The molecule has 0 amide bonds. The SMILES string of the molecule is Cc1[nH]nc(S(=O)(=O)N2CCCCCCC2)c1CCl. The molecule has 1 N–H and O–H groups in total. The first kappa shape index (κ1) is 14.8. The van der Waals surface area contributed by atoms with Crippen LogP contribution in [-0.4, -0.2) is 36.0 Å². The quantitative estimate of drug-likeness (QED) is 0.872. The van der Waals surface area contributed by atoms with Gasteiger partial charge in [-0.1, -0.05) is 19.3 Å². The van der Waals surface area contributed by atoms with Gasteiger partial charge in [-0.15, -0.1) is 11.6 Å². The fourth-order valence-corrected chi connectivity index (χ4v) is 4.47. The Bertz CT molecular complexity index is 519. The molecule has 0 saturated carbocycles. The van der Waals surface area contributed by atoms with Crippen LogP contribution < -0.4 is 0 Å². The molecule has 0 atom stereocenters. The summed E-state index contributed by atoms with van der Waals surface area (Å²) < 4.78 is 26.8. The van der Waals surface area contributed by atoms with Gasteiger partial charge in [-0.25, -0.2) is 8.42 Å². The van der Waals surface area contributed by atoms with E-state index in [9.17, 15) is 8.42 Å². The van der Waals surface area contributed by atoms with Gasteiger partial charge in [0.25, 0.3) is 10.0 Å². The van der Waals surface area contributed by atoms with Gasteiger partial charge in [0, 0.05) is 24.3 Å². The summed E-state index contributed by atoms with van der Waals surface area (Å²) in [5.41, 5.74) is 1.31. The Morgan fingerprint density at radius 3 is 2.37 bits per heavy atom. The van der Waals surface area contributed by atoms with Crippen LogP contribution >= 0.6 is 11.6 Å². The maximum absolute atomic E-state index is 12.6. The molecule has 1 saturated heterocycles. The molecule has 1 aliphatic rings. The molecule has 1 aromatic rings. The molecule has 0 aliphatic carbocycles. The zero-order chi connectivity index (χ0) is 13.9. The molecule has 0 spiro atoms. The van der Waals surface area contributed by atoms with E-state index in [0.29, 0.717) is 18.7 Å². The number of hydrogen-bond acceptors (Lipinski definition) is 3. The fourth-order valence-electron chi connectivity index (χ4n) is 2.38. The van der Waals surface area contributed by atoms with E-state index in [1.54, 1.807) is 11.2 Å². The van der Waals surface area contributed by atoms with Crippen LogP contribution in [0.3, 0.4) is 0 Å². The Morgan fingerprint density at radius 1 is 1.21 bits per heavy atom. The monoisotopic (exact) mass is 305 g/mol. The van der Waals surface area contributed by atoms with Gasteiger partial charge in [-0.05, 0) is 19.8 Å². The molecule has 19 heavy (non-hydrogen) atoms. The van der Waals surface area contributed by atoms with Crippen molar-refractivity contribution in [2.45, 2.75) is 49.9 Å². The van der Waals surface area contributed by atoms with Gasteiger partial charge in [0.2, 0.25) is 0 Å². The Morgan fingerprint density at radius 2 is 1.79 bits per heavy atom. The van der Waals surface area contributed by atoms with E-state index in [2.05, 4.69) is 10.2 Å². The number of nitrogens with zero attached hydrogens (tertiary/aromatic N) is 2.